The molecule has 1 aromatic heterocycles. The van der Waals surface area contributed by atoms with Crippen molar-refractivity contribution in [1.29, 1.82) is 0 Å². The summed E-state index contributed by atoms with van der Waals surface area (Å²) in [6, 6.07) is 4.84. The minimum absolute atomic E-state index is 0.248. The Kier molecular flexibility index (Phi) is 3.80. The van der Waals surface area contributed by atoms with Gasteiger partial charge in [-0.15, -0.1) is 0 Å². The summed E-state index contributed by atoms with van der Waals surface area (Å²) in [7, 11) is 5.16. The normalized spacial score (nSPS) is 11.5. The number of methoxy groups -OCH3 is 1. The first-order chi connectivity index (χ1) is 9.74. The van der Waals surface area contributed by atoms with Crippen molar-refractivity contribution in [2.45, 2.75) is 13.1 Å². The number of aromatic nitrogens is 1. The smallest absolute Gasteiger partial charge is 0.419 e. The Hall–Kier alpha value is -2.24. The molecule has 0 aliphatic carbocycles. The van der Waals surface area contributed by atoms with Gasteiger partial charge in [-0.1, -0.05) is 0 Å². The molecule has 0 spiro atoms. The van der Waals surface area contributed by atoms with Gasteiger partial charge in [0, 0.05) is 7.05 Å². The zero-order valence-corrected chi connectivity index (χ0v) is 11.5. The molecule has 0 aliphatic rings. The van der Waals surface area contributed by atoms with Crippen LogP contribution in [0.1, 0.15) is 11.1 Å². The summed E-state index contributed by atoms with van der Waals surface area (Å²) < 4.78 is 58.5. The predicted molar refractivity (Wildman–Crippen MR) is 69.1 cm³/mol. The number of rotatable bonds is 2. The zero-order chi connectivity index (χ0) is 15.8. The van der Waals surface area contributed by atoms with E-state index < -0.39 is 17.6 Å². The molecule has 1 heterocycles. The van der Waals surface area contributed by atoms with Crippen molar-refractivity contribution in [2.24, 2.45) is 0 Å². The van der Waals surface area contributed by atoms with Crippen LogP contribution in [0.2, 0.25) is 0 Å². The first kappa shape index (κ1) is 15.2. The molecule has 0 aliphatic heterocycles. The van der Waals surface area contributed by atoms with Crippen molar-refractivity contribution in [2.75, 3.05) is 7.11 Å². The molecule has 0 saturated carbocycles. The topological polar surface area (TPSA) is 13.1 Å². The van der Waals surface area contributed by atoms with E-state index in [2.05, 4.69) is 7.05 Å². The number of ether oxygens (including phenoxy) is 1. The lowest BCUT2D eigenvalue weighted by Crippen LogP contribution is -2.28. The van der Waals surface area contributed by atoms with Crippen LogP contribution >= 0.6 is 0 Å². The van der Waals surface area contributed by atoms with Crippen LogP contribution in [0.25, 0.3) is 11.3 Å². The van der Waals surface area contributed by atoms with Crippen molar-refractivity contribution in [3.63, 3.8) is 0 Å². The van der Waals surface area contributed by atoms with Gasteiger partial charge < -0.3 is 9.30 Å². The van der Waals surface area contributed by atoms with Crippen molar-refractivity contribution in [3.8, 4) is 17.0 Å². The number of halogens is 4. The molecule has 0 saturated heterocycles. The fourth-order valence-corrected chi connectivity index (χ4v) is 2.03. The molecule has 0 bridgehead atoms. The van der Waals surface area contributed by atoms with Gasteiger partial charge in [-0.3, -0.25) is 0 Å². The molecule has 0 unspecified atom stereocenters. The molecule has 0 fully saturated rings. The number of hydrogen-bond acceptors (Lipinski definition) is 1. The molecule has 1 aromatic carbocycles. The zero-order valence-electron chi connectivity index (χ0n) is 11.5. The summed E-state index contributed by atoms with van der Waals surface area (Å²) in [5.41, 5.74) is -0.271. The first-order valence-corrected chi connectivity index (χ1v) is 6.02. The summed E-state index contributed by atoms with van der Waals surface area (Å²) >= 11 is 0. The third-order valence-electron chi connectivity index (χ3n) is 3.14. The van der Waals surface area contributed by atoms with Gasteiger partial charge in [0.1, 0.15) is 17.3 Å². The van der Waals surface area contributed by atoms with Crippen LogP contribution in [-0.2, 0) is 6.18 Å². The van der Waals surface area contributed by atoms with E-state index in [0.717, 1.165) is 12.1 Å². The van der Waals surface area contributed by atoms with Gasteiger partial charge in [-0.25, -0.2) is 4.39 Å². The molecular weight excluding hydrogens is 286 g/mol. The van der Waals surface area contributed by atoms with E-state index in [-0.39, 0.29) is 5.56 Å². The minimum atomic E-state index is -4.75. The van der Waals surface area contributed by atoms with Crippen LogP contribution in [0.15, 0.2) is 30.5 Å². The van der Waals surface area contributed by atoms with Gasteiger partial charge in [0.25, 0.3) is 0 Å². The lowest BCUT2D eigenvalue weighted by molar-refractivity contribution is -0.600. The van der Waals surface area contributed by atoms with Crippen molar-refractivity contribution in [1.82, 2.24) is 0 Å². The van der Waals surface area contributed by atoms with Crippen LogP contribution in [0.5, 0.6) is 5.75 Å². The SMILES string of the molecule is [CH2-][n+]1ccc(OC)cc1-c1cc(C(F)(F)F)c(F)cc1C. The summed E-state index contributed by atoms with van der Waals surface area (Å²) in [6.45, 7) is 1.54. The Morgan fingerprint density at radius 2 is 1.86 bits per heavy atom. The molecule has 112 valence electrons. The summed E-state index contributed by atoms with van der Waals surface area (Å²) in [6.07, 6.45) is -3.19. The van der Waals surface area contributed by atoms with Crippen LogP contribution in [0, 0.1) is 19.8 Å². The third-order valence-corrected chi connectivity index (χ3v) is 3.14. The maximum atomic E-state index is 13.5. The maximum absolute atomic E-state index is 13.5. The van der Waals surface area contributed by atoms with Crippen LogP contribution < -0.4 is 9.30 Å². The molecular formula is C15H13F4NO. The summed E-state index contributed by atoms with van der Waals surface area (Å²) in [5.74, 6) is -0.815. The average molecular weight is 299 g/mol. The van der Waals surface area contributed by atoms with Gasteiger partial charge in [0.05, 0.1) is 18.9 Å². The Morgan fingerprint density at radius 3 is 2.43 bits per heavy atom. The number of pyridine rings is 1. The second-order valence-corrected chi connectivity index (χ2v) is 4.57. The molecule has 2 aromatic rings. The van der Waals surface area contributed by atoms with Crippen molar-refractivity contribution in [3.05, 3.63) is 54.5 Å². The number of aryl methyl sites for hydroxylation is 1. The van der Waals surface area contributed by atoms with E-state index in [1.54, 1.807) is 18.3 Å². The van der Waals surface area contributed by atoms with E-state index in [1.807, 2.05) is 0 Å². The quantitative estimate of drug-likeness (QED) is 0.467. The van der Waals surface area contributed by atoms with Gasteiger partial charge in [0.15, 0.2) is 0 Å². The molecule has 0 atom stereocenters. The summed E-state index contributed by atoms with van der Waals surface area (Å²) in [4.78, 5) is 0. The Morgan fingerprint density at radius 1 is 1.19 bits per heavy atom. The maximum Gasteiger partial charge on any atom is 0.419 e. The molecule has 0 amide bonds. The Bertz CT molecular complexity index is 680. The van der Waals surface area contributed by atoms with Gasteiger partial charge in [-0.2, -0.15) is 13.2 Å². The van der Waals surface area contributed by atoms with Crippen LogP contribution in [0.3, 0.4) is 0 Å². The fourth-order valence-electron chi connectivity index (χ4n) is 2.03. The monoisotopic (exact) mass is 299 g/mol. The van der Waals surface area contributed by atoms with E-state index in [9.17, 15) is 17.6 Å². The highest BCUT2D eigenvalue weighted by Gasteiger charge is 2.34. The van der Waals surface area contributed by atoms with Crippen LogP contribution in [-0.4, -0.2) is 7.11 Å². The fraction of sp³-hybridized carbons (Fsp3) is 0.200. The molecule has 0 N–H and O–H groups in total. The average Bonchev–Trinajstić information content (AvgIpc) is 2.38. The van der Waals surface area contributed by atoms with Gasteiger partial charge in [0.2, 0.25) is 0 Å². The molecule has 2 rings (SSSR count). The van der Waals surface area contributed by atoms with Crippen molar-refractivity contribution >= 4 is 0 Å². The Labute approximate surface area is 119 Å². The van der Waals surface area contributed by atoms with E-state index in [1.165, 1.54) is 18.6 Å². The van der Waals surface area contributed by atoms with Crippen LogP contribution in [0.4, 0.5) is 17.6 Å². The third kappa shape index (κ3) is 2.94. The minimum Gasteiger partial charge on any atom is -0.498 e. The first-order valence-electron chi connectivity index (χ1n) is 6.02. The van der Waals surface area contributed by atoms with E-state index in [0.29, 0.717) is 17.0 Å². The number of alkyl halides is 3. The Balaban J connectivity index is 2.69. The highest BCUT2D eigenvalue weighted by molar-refractivity contribution is 5.63. The molecule has 0 radical (unpaired) electrons. The van der Waals surface area contributed by atoms with Gasteiger partial charge >= 0.3 is 6.18 Å². The largest absolute Gasteiger partial charge is 0.498 e. The number of hydrogen-bond donors (Lipinski definition) is 0. The standard InChI is InChI=1S/C15H13F4NO/c1-9-6-13(16)12(15(17,18)19)8-11(9)14-7-10(21-3)4-5-20(14)2/h4-8H,2H2,1,3H3. The predicted octanol–water partition coefficient (Wildman–Crippen LogP) is 3.76. The van der Waals surface area contributed by atoms with Crippen molar-refractivity contribution < 1.29 is 26.9 Å². The lowest BCUT2D eigenvalue weighted by Gasteiger charge is -2.15. The van der Waals surface area contributed by atoms with E-state index >= 15 is 0 Å². The lowest BCUT2D eigenvalue weighted by atomic mass is 10.0. The summed E-state index contributed by atoms with van der Waals surface area (Å²) in [5, 5.41) is 0. The van der Waals surface area contributed by atoms with Gasteiger partial charge in [-0.05, 0) is 42.3 Å². The highest BCUT2D eigenvalue weighted by Crippen LogP contribution is 2.35. The second kappa shape index (κ2) is 5.27. The number of nitrogens with zero attached hydrogens (tertiary/aromatic N) is 1. The number of benzene rings is 1. The highest BCUT2D eigenvalue weighted by atomic mass is 19.4. The van der Waals surface area contributed by atoms with E-state index in [4.69, 9.17) is 4.74 Å². The molecule has 6 heteroatoms. The molecule has 21 heavy (non-hydrogen) atoms. The second-order valence-electron chi connectivity index (χ2n) is 4.57. The molecule has 2 nitrogen and oxygen atoms in total.